The van der Waals surface area contributed by atoms with Crippen molar-refractivity contribution < 1.29 is 9.59 Å². The fraction of sp³-hybridized carbons (Fsp3) is 0.556. The first-order chi connectivity index (χ1) is 11.1. The fourth-order valence-electron chi connectivity index (χ4n) is 2.27. The normalized spacial score (nSPS) is 11.8. The molecule has 1 aromatic carbocycles. The van der Waals surface area contributed by atoms with Gasteiger partial charge in [0, 0.05) is 17.0 Å². The van der Waals surface area contributed by atoms with E-state index in [-0.39, 0.29) is 18.4 Å². The molecule has 0 radical (unpaired) electrons. The second-order valence-corrected chi connectivity index (χ2v) is 6.51. The Morgan fingerprint density at radius 2 is 1.83 bits per heavy atom. The van der Waals surface area contributed by atoms with Crippen LogP contribution in [0.3, 0.4) is 0 Å². The number of hydrogen-bond acceptors (Lipinski definition) is 3. The van der Waals surface area contributed by atoms with E-state index in [1.807, 2.05) is 18.4 Å². The van der Waals surface area contributed by atoms with E-state index in [9.17, 15) is 9.59 Å². The lowest BCUT2D eigenvalue weighted by molar-refractivity contribution is -0.120. The molecule has 0 aromatic heterocycles. The molecular formula is C18H28N2O2S. The summed E-state index contributed by atoms with van der Waals surface area (Å²) in [5, 5.41) is 5.57. The molecule has 1 atom stereocenters. The summed E-state index contributed by atoms with van der Waals surface area (Å²) in [4.78, 5) is 24.9. The van der Waals surface area contributed by atoms with Gasteiger partial charge in [-0.05, 0) is 42.9 Å². The Bertz CT molecular complexity index is 488. The second-order valence-electron chi connectivity index (χ2n) is 5.63. The average Bonchev–Trinajstić information content (AvgIpc) is 2.59. The van der Waals surface area contributed by atoms with E-state index in [0.717, 1.165) is 17.7 Å². The van der Waals surface area contributed by atoms with Gasteiger partial charge in [0.2, 0.25) is 5.91 Å². The molecule has 5 heteroatoms. The minimum atomic E-state index is -0.217. The van der Waals surface area contributed by atoms with Gasteiger partial charge in [-0.15, -0.1) is 11.8 Å². The van der Waals surface area contributed by atoms with E-state index >= 15 is 0 Å². The van der Waals surface area contributed by atoms with Gasteiger partial charge in [0.15, 0.2) is 0 Å². The zero-order chi connectivity index (χ0) is 17.1. The van der Waals surface area contributed by atoms with Crippen LogP contribution in [0.15, 0.2) is 29.2 Å². The zero-order valence-electron chi connectivity index (χ0n) is 14.4. The van der Waals surface area contributed by atoms with Crippen molar-refractivity contribution in [1.29, 1.82) is 0 Å². The highest BCUT2D eigenvalue weighted by Gasteiger charge is 2.10. The van der Waals surface area contributed by atoms with Crippen molar-refractivity contribution in [2.24, 2.45) is 5.92 Å². The summed E-state index contributed by atoms with van der Waals surface area (Å²) < 4.78 is 0. The average molecular weight is 337 g/mol. The molecule has 4 nitrogen and oxygen atoms in total. The molecule has 0 heterocycles. The number of hydrogen-bond donors (Lipinski definition) is 2. The lowest BCUT2D eigenvalue weighted by Crippen LogP contribution is -2.38. The molecule has 1 rings (SSSR count). The van der Waals surface area contributed by atoms with Crippen molar-refractivity contribution in [1.82, 2.24) is 10.6 Å². The lowest BCUT2D eigenvalue weighted by Gasteiger charge is -2.15. The van der Waals surface area contributed by atoms with Crippen LogP contribution in [0.2, 0.25) is 0 Å². The summed E-state index contributed by atoms with van der Waals surface area (Å²) >= 11 is 1.63. The van der Waals surface area contributed by atoms with Crippen molar-refractivity contribution in [3.8, 4) is 0 Å². The maximum atomic E-state index is 12.0. The van der Waals surface area contributed by atoms with E-state index in [1.165, 1.54) is 12.8 Å². The van der Waals surface area contributed by atoms with Crippen LogP contribution in [0.5, 0.6) is 0 Å². The van der Waals surface area contributed by atoms with Gasteiger partial charge >= 0.3 is 0 Å². The number of amides is 2. The molecule has 0 saturated carbocycles. The highest BCUT2D eigenvalue weighted by atomic mass is 32.2. The summed E-state index contributed by atoms with van der Waals surface area (Å²) in [5.74, 6) is 0.175. The monoisotopic (exact) mass is 336 g/mol. The van der Waals surface area contributed by atoms with Crippen LogP contribution in [0.1, 0.15) is 49.9 Å². The van der Waals surface area contributed by atoms with Gasteiger partial charge < -0.3 is 10.6 Å². The number of rotatable bonds is 10. The first kappa shape index (κ1) is 19.6. The molecule has 0 fully saturated rings. The fourth-order valence-corrected chi connectivity index (χ4v) is 2.68. The summed E-state index contributed by atoms with van der Waals surface area (Å²) in [7, 11) is 0. The molecule has 0 bridgehead atoms. The number of carbonyl (C=O) groups is 2. The van der Waals surface area contributed by atoms with Gasteiger partial charge in [-0.25, -0.2) is 0 Å². The first-order valence-corrected chi connectivity index (χ1v) is 9.52. The summed E-state index contributed by atoms with van der Waals surface area (Å²) in [6.07, 6.45) is 6.56. The predicted molar refractivity (Wildman–Crippen MR) is 96.9 cm³/mol. The highest BCUT2D eigenvalue weighted by Crippen LogP contribution is 2.14. The van der Waals surface area contributed by atoms with Crippen LogP contribution in [0, 0.1) is 5.92 Å². The second kappa shape index (κ2) is 11.1. The molecule has 2 N–H and O–H groups in total. The minimum Gasteiger partial charge on any atom is -0.354 e. The third-order valence-corrected chi connectivity index (χ3v) is 4.64. The van der Waals surface area contributed by atoms with Gasteiger partial charge in [0.25, 0.3) is 5.91 Å². The third kappa shape index (κ3) is 7.55. The van der Waals surface area contributed by atoms with E-state index < -0.39 is 0 Å². The zero-order valence-corrected chi connectivity index (χ0v) is 15.2. The maximum absolute atomic E-state index is 12.0. The van der Waals surface area contributed by atoms with E-state index in [2.05, 4.69) is 24.5 Å². The Morgan fingerprint density at radius 1 is 1.13 bits per heavy atom. The molecule has 0 saturated heterocycles. The van der Waals surface area contributed by atoms with Crippen molar-refractivity contribution >= 4 is 23.6 Å². The van der Waals surface area contributed by atoms with Gasteiger partial charge in [-0.3, -0.25) is 9.59 Å². The Labute approximate surface area is 143 Å². The van der Waals surface area contributed by atoms with Crippen molar-refractivity contribution in [2.75, 3.05) is 19.3 Å². The highest BCUT2D eigenvalue weighted by molar-refractivity contribution is 7.98. The van der Waals surface area contributed by atoms with Crippen LogP contribution in [0.25, 0.3) is 0 Å². The quantitative estimate of drug-likeness (QED) is 0.643. The molecule has 0 spiro atoms. The van der Waals surface area contributed by atoms with Gasteiger partial charge in [0.1, 0.15) is 0 Å². The molecule has 1 aromatic rings. The Kier molecular flexibility index (Phi) is 9.45. The largest absolute Gasteiger partial charge is 0.354 e. The minimum absolute atomic E-state index is 0.0212. The molecule has 0 aliphatic rings. The Balaban J connectivity index is 2.32. The maximum Gasteiger partial charge on any atom is 0.251 e. The smallest absolute Gasteiger partial charge is 0.251 e. The Morgan fingerprint density at radius 3 is 2.39 bits per heavy atom. The Hall–Kier alpha value is -1.49. The van der Waals surface area contributed by atoms with Gasteiger partial charge in [-0.1, -0.05) is 33.1 Å². The van der Waals surface area contributed by atoms with Crippen LogP contribution < -0.4 is 10.6 Å². The third-order valence-electron chi connectivity index (χ3n) is 3.89. The van der Waals surface area contributed by atoms with E-state index in [0.29, 0.717) is 18.0 Å². The van der Waals surface area contributed by atoms with E-state index in [1.54, 1.807) is 23.9 Å². The van der Waals surface area contributed by atoms with Gasteiger partial charge in [0.05, 0.1) is 6.54 Å². The standard InChI is InChI=1S/C18H28N2O2S/c1-4-6-7-14(5-2)12-19-17(21)13-20-18(22)15-8-10-16(23-3)11-9-15/h8-11,14H,4-7,12-13H2,1-3H3,(H,19,21)(H,20,22). The summed E-state index contributed by atoms with van der Waals surface area (Å²) in [6, 6.07) is 7.35. The number of carbonyl (C=O) groups excluding carboxylic acids is 2. The molecule has 1 unspecified atom stereocenters. The molecule has 23 heavy (non-hydrogen) atoms. The topological polar surface area (TPSA) is 58.2 Å². The van der Waals surface area contributed by atoms with Gasteiger partial charge in [-0.2, -0.15) is 0 Å². The number of nitrogens with one attached hydrogen (secondary N) is 2. The van der Waals surface area contributed by atoms with Crippen LogP contribution in [0.4, 0.5) is 0 Å². The molecular weight excluding hydrogens is 308 g/mol. The SMILES string of the molecule is CCCCC(CC)CNC(=O)CNC(=O)c1ccc(SC)cc1. The van der Waals surface area contributed by atoms with Crippen molar-refractivity contribution in [3.63, 3.8) is 0 Å². The van der Waals surface area contributed by atoms with E-state index in [4.69, 9.17) is 0 Å². The lowest BCUT2D eigenvalue weighted by atomic mass is 9.99. The number of unbranched alkanes of at least 4 members (excludes halogenated alkanes) is 1. The van der Waals surface area contributed by atoms with Crippen LogP contribution in [-0.2, 0) is 4.79 Å². The molecule has 0 aliphatic carbocycles. The molecule has 128 valence electrons. The number of thioether (sulfide) groups is 1. The number of benzene rings is 1. The van der Waals surface area contributed by atoms with Crippen molar-refractivity contribution in [3.05, 3.63) is 29.8 Å². The molecule has 0 aliphatic heterocycles. The summed E-state index contributed by atoms with van der Waals surface area (Å²) in [6.45, 7) is 5.03. The molecule has 2 amide bonds. The summed E-state index contributed by atoms with van der Waals surface area (Å²) in [5.41, 5.74) is 0.574. The first-order valence-electron chi connectivity index (χ1n) is 8.29. The predicted octanol–water partition coefficient (Wildman–Crippen LogP) is 3.47. The van der Waals surface area contributed by atoms with Crippen LogP contribution >= 0.6 is 11.8 Å². The van der Waals surface area contributed by atoms with Crippen LogP contribution in [-0.4, -0.2) is 31.2 Å². The van der Waals surface area contributed by atoms with Crippen molar-refractivity contribution in [2.45, 2.75) is 44.4 Å².